The molecule has 0 radical (unpaired) electrons. The van der Waals surface area contributed by atoms with Gasteiger partial charge >= 0.3 is 5.97 Å². The van der Waals surface area contributed by atoms with Crippen molar-refractivity contribution in [2.45, 2.75) is 52.0 Å². The van der Waals surface area contributed by atoms with E-state index in [0.29, 0.717) is 42.2 Å². The zero-order valence-electron chi connectivity index (χ0n) is 20.4. The van der Waals surface area contributed by atoms with Gasteiger partial charge in [0.2, 0.25) is 0 Å². The van der Waals surface area contributed by atoms with Gasteiger partial charge in [0.15, 0.2) is 0 Å². The van der Waals surface area contributed by atoms with Crippen LogP contribution in [0.1, 0.15) is 57.9 Å². The summed E-state index contributed by atoms with van der Waals surface area (Å²) in [7, 11) is 0. The van der Waals surface area contributed by atoms with Crippen molar-refractivity contribution in [3.05, 3.63) is 72.0 Å². The number of hydrogen-bond donors (Lipinski definition) is 2. The number of benzene rings is 2. The molecule has 182 valence electrons. The van der Waals surface area contributed by atoms with Crippen molar-refractivity contribution in [3.63, 3.8) is 0 Å². The van der Waals surface area contributed by atoms with Crippen molar-refractivity contribution >= 4 is 22.9 Å². The van der Waals surface area contributed by atoms with E-state index in [1.165, 1.54) is 4.31 Å². The molecule has 2 aromatic carbocycles. The molecular weight excluding hydrogens is 454 g/mol. The fourth-order valence-corrected chi connectivity index (χ4v) is 4.22. The smallest absolute Gasteiger partial charge is 0.303 e. The van der Waals surface area contributed by atoms with Crippen molar-refractivity contribution in [1.82, 2.24) is 0 Å². The van der Waals surface area contributed by atoms with Gasteiger partial charge in [-0.1, -0.05) is 32.0 Å². The van der Waals surface area contributed by atoms with E-state index in [9.17, 15) is 13.6 Å². The Morgan fingerprint density at radius 3 is 2.62 bits per heavy atom. The lowest BCUT2D eigenvalue weighted by molar-refractivity contribution is -0.137. The first-order valence-electron chi connectivity index (χ1n) is 11.7. The quantitative estimate of drug-likeness (QED) is 0.219. The summed E-state index contributed by atoms with van der Waals surface area (Å²) in [6, 6.07) is 16.3. The third-order valence-electron chi connectivity index (χ3n) is 5.38. The number of carboxylic acid groups (broad SMARTS) is 1. The predicted octanol–water partition coefficient (Wildman–Crippen LogP) is 6.24. The number of rotatable bonds is 13. The zero-order valence-corrected chi connectivity index (χ0v) is 20.2. The molecule has 1 aromatic heterocycles. The molecule has 2 N–H and O–H groups in total. The lowest BCUT2D eigenvalue weighted by Crippen LogP contribution is -2.26. The number of nitrogens with zero attached hydrogens (tertiary/aromatic N) is 1. The number of para-hydroxylation sites is 1. The van der Waals surface area contributed by atoms with E-state index in [1.54, 1.807) is 38.3 Å². The summed E-state index contributed by atoms with van der Waals surface area (Å²) in [5.41, 5.74) is 2.57. The number of hydrogen-bond acceptors (Lipinski definition) is 4. The van der Waals surface area contributed by atoms with Crippen LogP contribution < -0.4 is 9.04 Å². The minimum absolute atomic E-state index is 0.0987. The summed E-state index contributed by atoms with van der Waals surface area (Å²) < 4.78 is 44.1. The molecule has 0 spiro atoms. The fraction of sp³-hybridized carbons (Fsp3) is 0.346. The Balaban J connectivity index is 1.83. The Morgan fingerprint density at radius 1 is 1.15 bits per heavy atom. The van der Waals surface area contributed by atoms with Gasteiger partial charge in [-0.2, -0.15) is 0 Å². The van der Waals surface area contributed by atoms with Gasteiger partial charge in [0.1, 0.15) is 11.5 Å². The van der Waals surface area contributed by atoms with Crippen molar-refractivity contribution in [2.24, 2.45) is 0 Å². The molecule has 0 aliphatic heterocycles. The van der Waals surface area contributed by atoms with Crippen LogP contribution in [0.2, 0.25) is 0 Å². The van der Waals surface area contributed by atoms with Crippen LogP contribution in [0.5, 0.6) is 5.75 Å². The van der Waals surface area contributed by atoms with E-state index >= 15 is 0 Å². The molecule has 0 amide bonds. The number of unbranched alkanes of at least 4 members (excludes halogenated alkanes) is 2. The van der Waals surface area contributed by atoms with E-state index in [1.807, 2.05) is 36.4 Å². The van der Waals surface area contributed by atoms with E-state index < -0.39 is 23.1 Å². The molecule has 0 saturated carbocycles. The first kappa shape index (κ1) is 24.0. The van der Waals surface area contributed by atoms with Crippen LogP contribution >= 0.6 is 0 Å². The lowest BCUT2D eigenvalue weighted by Gasteiger charge is -2.25. The van der Waals surface area contributed by atoms with Crippen LogP contribution in [0.3, 0.4) is 0 Å². The van der Waals surface area contributed by atoms with Gasteiger partial charge in [-0.25, -0.2) is 4.21 Å². The van der Waals surface area contributed by atoms with Crippen LogP contribution in [0.4, 0.5) is 5.69 Å². The van der Waals surface area contributed by atoms with Gasteiger partial charge in [0, 0.05) is 18.9 Å². The third kappa shape index (κ3) is 6.95. The fourth-order valence-electron chi connectivity index (χ4n) is 3.64. The van der Waals surface area contributed by atoms with Crippen molar-refractivity contribution in [3.8, 4) is 17.1 Å². The number of carboxylic acids is 1. The second kappa shape index (κ2) is 12.4. The van der Waals surface area contributed by atoms with Gasteiger partial charge in [-0.3, -0.25) is 13.7 Å². The number of aliphatic carboxylic acids is 1. The zero-order chi connectivity index (χ0) is 25.4. The minimum Gasteiger partial charge on any atom is -0.493 e. The maximum atomic E-state index is 12.5. The molecule has 1 unspecified atom stereocenters. The third-order valence-corrected chi connectivity index (χ3v) is 6.08. The summed E-state index contributed by atoms with van der Waals surface area (Å²) in [5.74, 6) is -0.594. The van der Waals surface area contributed by atoms with E-state index in [-0.39, 0.29) is 13.0 Å². The number of anilines is 1. The summed E-state index contributed by atoms with van der Waals surface area (Å²) in [6.07, 6.45) is 3.76. The summed E-state index contributed by atoms with van der Waals surface area (Å²) in [4.78, 5) is 10.6. The molecular formula is C26H31NO6S. The highest BCUT2D eigenvalue weighted by molar-refractivity contribution is 7.80. The van der Waals surface area contributed by atoms with E-state index in [2.05, 4.69) is 0 Å². The maximum Gasteiger partial charge on any atom is 0.303 e. The minimum atomic E-state index is -2.35. The number of carbonyl (C=O) groups is 1. The Hall–Kier alpha value is -3.10. The normalized spacial score (nSPS) is 12.7. The van der Waals surface area contributed by atoms with Crippen molar-refractivity contribution in [1.29, 1.82) is 0 Å². The largest absolute Gasteiger partial charge is 0.493 e. The first-order valence-corrected chi connectivity index (χ1v) is 12.2. The van der Waals surface area contributed by atoms with Gasteiger partial charge in [0.25, 0.3) is 11.3 Å². The molecule has 0 aliphatic rings. The molecule has 34 heavy (non-hydrogen) atoms. The molecule has 1 atom stereocenters. The van der Waals surface area contributed by atoms with Crippen LogP contribution in [-0.2, 0) is 22.6 Å². The van der Waals surface area contributed by atoms with Crippen molar-refractivity contribution in [2.75, 3.05) is 10.9 Å². The summed E-state index contributed by atoms with van der Waals surface area (Å²) in [5, 5.41) is 8.74. The monoisotopic (exact) mass is 486 g/mol. The van der Waals surface area contributed by atoms with Crippen LogP contribution in [0.25, 0.3) is 11.3 Å². The Bertz CT molecular complexity index is 1140. The Morgan fingerprint density at radius 2 is 1.94 bits per heavy atom. The molecule has 0 fully saturated rings. The molecule has 1 heterocycles. The van der Waals surface area contributed by atoms with Crippen LogP contribution in [-0.4, -0.2) is 26.4 Å². The first-order chi connectivity index (χ1) is 16.7. The molecule has 0 bridgehead atoms. The molecule has 3 aromatic rings. The Labute approximate surface area is 204 Å². The second-order valence-electron chi connectivity index (χ2n) is 8.14. The number of furan rings is 1. The number of ether oxygens (including phenoxy) is 1. The Kier molecular flexibility index (Phi) is 8.76. The van der Waals surface area contributed by atoms with Crippen LogP contribution in [0.15, 0.2) is 65.3 Å². The standard InChI is InChI=1S/C26H31NO6S/c1-19(2)22-17-20(24-11-8-16-33-24)13-14-23(22)27(34(30)31)18-21-9-5-6-10-25(21)32-15-7-3-4-12-26(28)29/h5-6,8-11,13-14,16-17,19H,3-4,7,12,15,18H2,1-2H3,(H,28,29)(H,30,31)/i19D. The van der Waals surface area contributed by atoms with Gasteiger partial charge in [0.05, 0.1) is 25.1 Å². The lowest BCUT2D eigenvalue weighted by atomic mass is 9.97. The average Bonchev–Trinajstić information content (AvgIpc) is 3.34. The average molecular weight is 487 g/mol. The molecule has 8 heteroatoms. The van der Waals surface area contributed by atoms with E-state index in [0.717, 1.165) is 17.5 Å². The second-order valence-corrected chi connectivity index (χ2v) is 9.04. The molecule has 0 saturated heterocycles. The SMILES string of the molecule is [2H]C(C)(C)c1cc(-c2ccco2)ccc1N(Cc1ccccc1OCCCCCC(=O)O)S(=O)O. The maximum absolute atomic E-state index is 12.5. The highest BCUT2D eigenvalue weighted by atomic mass is 32.2. The van der Waals surface area contributed by atoms with Gasteiger partial charge in [-0.05, 0) is 67.1 Å². The van der Waals surface area contributed by atoms with E-state index in [4.69, 9.17) is 15.6 Å². The topological polar surface area (TPSA) is 100 Å². The molecule has 7 nitrogen and oxygen atoms in total. The summed E-state index contributed by atoms with van der Waals surface area (Å²) in [6.45, 7) is 3.98. The van der Waals surface area contributed by atoms with Gasteiger partial charge < -0.3 is 14.3 Å². The van der Waals surface area contributed by atoms with Gasteiger partial charge in [-0.15, -0.1) is 0 Å². The highest BCUT2D eigenvalue weighted by Gasteiger charge is 2.21. The summed E-state index contributed by atoms with van der Waals surface area (Å²) >= 11 is -2.35. The highest BCUT2D eigenvalue weighted by Crippen LogP contribution is 2.35. The van der Waals surface area contributed by atoms with Crippen LogP contribution in [0, 0.1) is 0 Å². The predicted molar refractivity (Wildman–Crippen MR) is 133 cm³/mol. The molecule has 0 aliphatic carbocycles. The van der Waals surface area contributed by atoms with Crippen molar-refractivity contribution < 1.29 is 29.2 Å². The molecule has 3 rings (SSSR count).